The number of hydrogen-bond acceptors (Lipinski definition) is 4. The van der Waals surface area contributed by atoms with E-state index in [2.05, 4.69) is 10.3 Å². The minimum atomic E-state index is -0.525. The maximum absolute atomic E-state index is 11.9. The van der Waals surface area contributed by atoms with Crippen molar-refractivity contribution in [2.45, 2.75) is 25.7 Å². The quantitative estimate of drug-likeness (QED) is 0.632. The monoisotopic (exact) mass is 266 g/mol. The van der Waals surface area contributed by atoms with Crippen LogP contribution in [-0.2, 0) is 0 Å². The Kier molecular flexibility index (Phi) is 3.90. The highest BCUT2D eigenvalue weighted by atomic mass is 16.3. The van der Waals surface area contributed by atoms with E-state index in [1.165, 1.54) is 6.07 Å². The largest absolute Gasteiger partial charge is 0.494 e. The van der Waals surface area contributed by atoms with Gasteiger partial charge in [-0.15, -0.1) is 0 Å². The standard InChI is InChI=1S/C13H18N2O4/c16-8-13(3-1-2-4-13)7-14-12(19)9-5-10(17)15-11(18)6-9/h5-6,16H,1-4,7-8H2,(H,14,19)(H2,15,17,18). The van der Waals surface area contributed by atoms with Crippen LogP contribution >= 0.6 is 0 Å². The summed E-state index contributed by atoms with van der Waals surface area (Å²) in [5.74, 6) is -0.753. The normalized spacial score (nSPS) is 17.3. The minimum Gasteiger partial charge on any atom is -0.494 e. The van der Waals surface area contributed by atoms with Crippen molar-refractivity contribution in [3.05, 3.63) is 28.0 Å². The molecule has 0 spiro atoms. The number of rotatable bonds is 4. The minimum absolute atomic E-state index is 0.0495. The van der Waals surface area contributed by atoms with Crippen molar-refractivity contribution in [1.82, 2.24) is 10.3 Å². The van der Waals surface area contributed by atoms with Crippen molar-refractivity contribution >= 4 is 5.91 Å². The first-order valence-corrected chi connectivity index (χ1v) is 6.37. The molecule has 1 aromatic rings. The van der Waals surface area contributed by atoms with Gasteiger partial charge in [0, 0.05) is 24.1 Å². The Hall–Kier alpha value is -1.82. The van der Waals surface area contributed by atoms with E-state index >= 15 is 0 Å². The topological polar surface area (TPSA) is 102 Å². The first-order chi connectivity index (χ1) is 9.04. The number of carbonyl (C=O) groups excluding carboxylic acids is 1. The highest BCUT2D eigenvalue weighted by Crippen LogP contribution is 2.36. The van der Waals surface area contributed by atoms with Crippen molar-refractivity contribution in [2.75, 3.05) is 13.2 Å². The van der Waals surface area contributed by atoms with Gasteiger partial charge in [0.1, 0.15) is 0 Å². The number of nitrogens with one attached hydrogen (secondary N) is 2. The van der Waals surface area contributed by atoms with Crippen LogP contribution in [0.2, 0.25) is 0 Å². The van der Waals surface area contributed by atoms with Gasteiger partial charge < -0.3 is 15.5 Å². The third-order valence-corrected chi connectivity index (χ3v) is 3.72. The van der Waals surface area contributed by atoms with E-state index in [0.717, 1.165) is 31.7 Å². The van der Waals surface area contributed by atoms with Crippen LogP contribution in [-0.4, -0.2) is 34.3 Å². The Morgan fingerprint density at radius 2 is 2.05 bits per heavy atom. The Bertz CT molecular complexity index is 518. The highest BCUT2D eigenvalue weighted by Gasteiger charge is 2.33. The SMILES string of the molecule is O=C(NCC1(CO)CCCC1)c1cc(O)[nH]c(=O)c1. The molecule has 104 valence electrons. The number of amides is 1. The van der Waals surface area contributed by atoms with Crippen LogP contribution in [0, 0.1) is 5.41 Å². The van der Waals surface area contributed by atoms with Crippen LogP contribution in [0.15, 0.2) is 16.9 Å². The maximum Gasteiger partial charge on any atom is 0.251 e. The van der Waals surface area contributed by atoms with Gasteiger partial charge in [-0.1, -0.05) is 12.8 Å². The molecule has 2 rings (SSSR count). The summed E-state index contributed by atoms with van der Waals surface area (Å²) in [4.78, 5) is 25.2. The highest BCUT2D eigenvalue weighted by molar-refractivity contribution is 5.94. The Balaban J connectivity index is 2.03. The van der Waals surface area contributed by atoms with Crippen LogP contribution in [0.25, 0.3) is 0 Å². The molecule has 0 saturated heterocycles. The summed E-state index contributed by atoms with van der Waals surface area (Å²) in [6.07, 6.45) is 3.90. The number of pyridine rings is 1. The zero-order valence-corrected chi connectivity index (χ0v) is 10.6. The molecule has 0 aromatic carbocycles. The van der Waals surface area contributed by atoms with E-state index in [-0.39, 0.29) is 23.5 Å². The second-order valence-electron chi connectivity index (χ2n) is 5.17. The first-order valence-electron chi connectivity index (χ1n) is 6.37. The molecular formula is C13H18N2O4. The summed E-state index contributed by atoms with van der Waals surface area (Å²) in [5, 5.41) is 21.4. The molecule has 0 radical (unpaired) electrons. The molecule has 0 unspecified atom stereocenters. The molecule has 19 heavy (non-hydrogen) atoms. The zero-order chi connectivity index (χ0) is 13.9. The van der Waals surface area contributed by atoms with Gasteiger partial charge in [-0.2, -0.15) is 0 Å². The molecule has 0 bridgehead atoms. The molecule has 6 nitrogen and oxygen atoms in total. The van der Waals surface area contributed by atoms with Crippen LogP contribution < -0.4 is 10.9 Å². The average Bonchev–Trinajstić information content (AvgIpc) is 2.84. The van der Waals surface area contributed by atoms with Crippen LogP contribution in [0.4, 0.5) is 0 Å². The van der Waals surface area contributed by atoms with Crippen molar-refractivity contribution < 1.29 is 15.0 Å². The second kappa shape index (κ2) is 5.44. The molecule has 1 fully saturated rings. The molecule has 1 aromatic heterocycles. The number of aromatic hydroxyl groups is 1. The van der Waals surface area contributed by atoms with E-state index < -0.39 is 11.5 Å². The van der Waals surface area contributed by atoms with Crippen LogP contribution in [0.1, 0.15) is 36.0 Å². The second-order valence-corrected chi connectivity index (χ2v) is 5.17. The smallest absolute Gasteiger partial charge is 0.251 e. The summed E-state index contributed by atoms with van der Waals surface area (Å²) >= 11 is 0. The van der Waals surface area contributed by atoms with E-state index in [9.17, 15) is 19.8 Å². The predicted octanol–water partition coefficient (Wildman–Crippen LogP) is 0.363. The Labute approximate surface area is 110 Å². The van der Waals surface area contributed by atoms with Crippen LogP contribution in [0.3, 0.4) is 0 Å². The number of aliphatic hydroxyl groups excluding tert-OH is 1. The van der Waals surface area contributed by atoms with Crippen molar-refractivity contribution in [3.63, 3.8) is 0 Å². The molecule has 6 heteroatoms. The number of aromatic amines is 1. The molecule has 1 saturated carbocycles. The molecule has 1 aliphatic carbocycles. The maximum atomic E-state index is 11.9. The lowest BCUT2D eigenvalue weighted by atomic mass is 9.87. The molecule has 1 heterocycles. The Morgan fingerprint density at radius 3 is 2.63 bits per heavy atom. The number of hydrogen-bond donors (Lipinski definition) is 4. The van der Waals surface area contributed by atoms with E-state index in [1.807, 2.05) is 0 Å². The summed E-state index contributed by atoms with van der Waals surface area (Å²) in [5.41, 5.74) is -0.644. The lowest BCUT2D eigenvalue weighted by molar-refractivity contribution is 0.0880. The summed E-state index contributed by atoms with van der Waals surface area (Å²) < 4.78 is 0. The van der Waals surface area contributed by atoms with Crippen molar-refractivity contribution in [2.24, 2.45) is 5.41 Å². The third kappa shape index (κ3) is 3.14. The summed E-state index contributed by atoms with van der Waals surface area (Å²) in [7, 11) is 0. The van der Waals surface area contributed by atoms with E-state index in [1.54, 1.807) is 0 Å². The van der Waals surface area contributed by atoms with Crippen molar-refractivity contribution in [1.29, 1.82) is 0 Å². The lowest BCUT2D eigenvalue weighted by Gasteiger charge is -2.26. The molecular weight excluding hydrogens is 248 g/mol. The van der Waals surface area contributed by atoms with Gasteiger partial charge in [0.25, 0.3) is 11.5 Å². The average molecular weight is 266 g/mol. The molecule has 1 aliphatic rings. The number of aromatic nitrogens is 1. The number of H-pyrrole nitrogens is 1. The van der Waals surface area contributed by atoms with Crippen LogP contribution in [0.5, 0.6) is 5.88 Å². The predicted molar refractivity (Wildman–Crippen MR) is 69.0 cm³/mol. The lowest BCUT2D eigenvalue weighted by Crippen LogP contribution is -2.38. The fraction of sp³-hybridized carbons (Fsp3) is 0.538. The van der Waals surface area contributed by atoms with Gasteiger partial charge in [0.2, 0.25) is 0 Å². The van der Waals surface area contributed by atoms with Gasteiger partial charge in [-0.25, -0.2) is 0 Å². The van der Waals surface area contributed by atoms with Gasteiger partial charge >= 0.3 is 0 Å². The summed E-state index contributed by atoms with van der Waals surface area (Å²) in [6.45, 7) is 0.434. The third-order valence-electron chi connectivity index (χ3n) is 3.72. The zero-order valence-electron chi connectivity index (χ0n) is 10.6. The van der Waals surface area contributed by atoms with Crippen molar-refractivity contribution in [3.8, 4) is 5.88 Å². The molecule has 0 atom stereocenters. The Morgan fingerprint density at radius 1 is 1.37 bits per heavy atom. The fourth-order valence-electron chi connectivity index (χ4n) is 2.55. The van der Waals surface area contributed by atoms with Gasteiger partial charge in [-0.3, -0.25) is 14.6 Å². The number of aliphatic hydroxyl groups is 1. The first kappa shape index (κ1) is 13.6. The summed E-state index contributed by atoms with van der Waals surface area (Å²) in [6, 6.07) is 2.34. The molecule has 0 aliphatic heterocycles. The number of carbonyl (C=O) groups is 1. The van der Waals surface area contributed by atoms with Gasteiger partial charge in [0.15, 0.2) is 5.88 Å². The van der Waals surface area contributed by atoms with Gasteiger partial charge in [0.05, 0.1) is 12.2 Å². The molecule has 1 amide bonds. The fourth-order valence-corrected chi connectivity index (χ4v) is 2.55. The van der Waals surface area contributed by atoms with E-state index in [4.69, 9.17) is 0 Å². The molecule has 4 N–H and O–H groups in total. The van der Waals surface area contributed by atoms with E-state index in [0.29, 0.717) is 6.54 Å². The van der Waals surface area contributed by atoms with Gasteiger partial charge in [-0.05, 0) is 12.8 Å².